The predicted molar refractivity (Wildman–Crippen MR) is 60.0 cm³/mol. The molecule has 5 nitrogen and oxygen atoms in total. The Balaban J connectivity index is 2.08. The highest BCUT2D eigenvalue weighted by Crippen LogP contribution is 1.89. The first-order valence-corrected chi connectivity index (χ1v) is 6.57. The van der Waals surface area contributed by atoms with Crippen LogP contribution in [-0.2, 0) is 17.3 Å². The first kappa shape index (κ1) is 12.4. The van der Waals surface area contributed by atoms with Gasteiger partial charge in [0.1, 0.15) is 0 Å². The average Bonchev–Trinajstić information content (AvgIpc) is 2.64. The van der Waals surface area contributed by atoms with Gasteiger partial charge in [-0.05, 0) is 6.07 Å². The van der Waals surface area contributed by atoms with Crippen LogP contribution in [-0.4, -0.2) is 50.3 Å². The van der Waals surface area contributed by atoms with E-state index in [-0.39, 0.29) is 0 Å². The second-order valence-corrected chi connectivity index (χ2v) is 4.92. The molecule has 2 atom stereocenters. The van der Waals surface area contributed by atoms with E-state index in [0.29, 0.717) is 25.4 Å². The first-order chi connectivity index (χ1) is 7.18. The van der Waals surface area contributed by atoms with Gasteiger partial charge in [0.2, 0.25) is 0 Å². The van der Waals surface area contributed by atoms with Crippen LogP contribution < -0.4 is 5.32 Å². The summed E-state index contributed by atoms with van der Waals surface area (Å²) < 4.78 is 12.4. The Morgan fingerprint density at radius 2 is 2.47 bits per heavy atom. The SMILES string of the molecule is CS(=O)CCNCC(O)Cn1cccn1. The van der Waals surface area contributed by atoms with E-state index < -0.39 is 16.9 Å². The van der Waals surface area contributed by atoms with Crippen LogP contribution in [0.15, 0.2) is 18.5 Å². The lowest BCUT2D eigenvalue weighted by Crippen LogP contribution is -2.32. The quantitative estimate of drug-likeness (QED) is 0.604. The molecule has 0 amide bonds. The summed E-state index contributed by atoms with van der Waals surface area (Å²) in [5, 5.41) is 16.6. The summed E-state index contributed by atoms with van der Waals surface area (Å²) in [6, 6.07) is 1.82. The van der Waals surface area contributed by atoms with E-state index in [9.17, 15) is 9.32 Å². The van der Waals surface area contributed by atoms with Crippen molar-refractivity contribution in [2.75, 3.05) is 25.1 Å². The van der Waals surface area contributed by atoms with Crippen LogP contribution in [0.4, 0.5) is 0 Å². The number of aliphatic hydroxyl groups excluding tert-OH is 1. The lowest BCUT2D eigenvalue weighted by atomic mass is 10.3. The van der Waals surface area contributed by atoms with Crippen LogP contribution in [0.2, 0.25) is 0 Å². The zero-order valence-electron chi connectivity index (χ0n) is 8.80. The number of nitrogens with zero attached hydrogens (tertiary/aromatic N) is 2. The van der Waals surface area contributed by atoms with Crippen molar-refractivity contribution in [3.8, 4) is 0 Å². The fourth-order valence-electron chi connectivity index (χ4n) is 1.17. The summed E-state index contributed by atoms with van der Waals surface area (Å²) in [7, 11) is -0.773. The van der Waals surface area contributed by atoms with Gasteiger partial charge < -0.3 is 10.4 Å². The largest absolute Gasteiger partial charge is 0.390 e. The number of nitrogens with one attached hydrogen (secondary N) is 1. The van der Waals surface area contributed by atoms with Gasteiger partial charge in [0.05, 0.1) is 12.6 Å². The molecule has 0 radical (unpaired) electrons. The molecule has 2 N–H and O–H groups in total. The molecule has 1 aromatic heterocycles. The van der Waals surface area contributed by atoms with Crippen LogP contribution in [0.25, 0.3) is 0 Å². The van der Waals surface area contributed by atoms with Crippen molar-refractivity contribution in [3.63, 3.8) is 0 Å². The number of rotatable bonds is 7. The maximum absolute atomic E-state index is 10.7. The molecule has 0 aliphatic carbocycles. The Kier molecular flexibility index (Phi) is 5.52. The predicted octanol–water partition coefficient (Wildman–Crippen LogP) is -0.788. The van der Waals surface area contributed by atoms with Crippen molar-refractivity contribution >= 4 is 10.8 Å². The third-order valence-electron chi connectivity index (χ3n) is 1.90. The molecule has 15 heavy (non-hydrogen) atoms. The number of hydrogen-bond acceptors (Lipinski definition) is 4. The van der Waals surface area contributed by atoms with Crippen molar-refractivity contribution in [2.24, 2.45) is 0 Å². The van der Waals surface area contributed by atoms with Crippen molar-refractivity contribution in [3.05, 3.63) is 18.5 Å². The van der Waals surface area contributed by atoms with Gasteiger partial charge in [0.25, 0.3) is 0 Å². The smallest absolute Gasteiger partial charge is 0.0860 e. The van der Waals surface area contributed by atoms with Gasteiger partial charge in [-0.15, -0.1) is 0 Å². The molecule has 0 aromatic carbocycles. The van der Waals surface area contributed by atoms with Crippen molar-refractivity contribution in [2.45, 2.75) is 12.6 Å². The zero-order chi connectivity index (χ0) is 11.1. The molecule has 0 fully saturated rings. The van der Waals surface area contributed by atoms with Gasteiger partial charge in [0, 0.05) is 48.3 Å². The van der Waals surface area contributed by atoms with Gasteiger partial charge in [-0.2, -0.15) is 5.10 Å². The summed E-state index contributed by atoms with van der Waals surface area (Å²) in [6.07, 6.45) is 4.70. The third kappa shape index (κ3) is 5.66. The molecule has 1 heterocycles. The molecule has 2 unspecified atom stereocenters. The Labute approximate surface area is 91.9 Å². The number of hydrogen-bond donors (Lipinski definition) is 2. The molecule has 0 spiro atoms. The summed E-state index contributed by atoms with van der Waals surface area (Å²) in [5.74, 6) is 0.620. The molecule has 6 heteroatoms. The van der Waals surface area contributed by atoms with Gasteiger partial charge in [0.15, 0.2) is 0 Å². The van der Waals surface area contributed by atoms with E-state index in [2.05, 4.69) is 10.4 Å². The fourth-order valence-corrected chi connectivity index (χ4v) is 1.61. The highest BCUT2D eigenvalue weighted by atomic mass is 32.2. The third-order valence-corrected chi connectivity index (χ3v) is 2.68. The zero-order valence-corrected chi connectivity index (χ0v) is 9.61. The summed E-state index contributed by atoms with van der Waals surface area (Å²) >= 11 is 0. The molecule has 0 aliphatic rings. The van der Waals surface area contributed by atoms with E-state index in [0.717, 1.165) is 0 Å². The van der Waals surface area contributed by atoms with Gasteiger partial charge >= 0.3 is 0 Å². The Hall–Kier alpha value is -0.720. The topological polar surface area (TPSA) is 67.2 Å². The molecule has 0 bridgehead atoms. The lowest BCUT2D eigenvalue weighted by Gasteiger charge is -2.11. The minimum absolute atomic E-state index is 0.463. The molecular weight excluding hydrogens is 214 g/mol. The van der Waals surface area contributed by atoms with Crippen LogP contribution in [0.1, 0.15) is 0 Å². The monoisotopic (exact) mass is 231 g/mol. The van der Waals surface area contributed by atoms with Crippen molar-refractivity contribution < 1.29 is 9.32 Å². The highest BCUT2D eigenvalue weighted by molar-refractivity contribution is 7.84. The summed E-state index contributed by atoms with van der Waals surface area (Å²) in [5.41, 5.74) is 0. The molecule has 0 saturated carbocycles. The van der Waals surface area contributed by atoms with E-state index in [1.807, 2.05) is 12.3 Å². The molecule has 0 saturated heterocycles. The van der Waals surface area contributed by atoms with Crippen LogP contribution >= 0.6 is 0 Å². The van der Waals surface area contributed by atoms with E-state index >= 15 is 0 Å². The minimum atomic E-state index is -0.773. The lowest BCUT2D eigenvalue weighted by molar-refractivity contribution is 0.147. The molecule has 1 aromatic rings. The summed E-state index contributed by atoms with van der Waals surface area (Å²) in [6.45, 7) is 1.64. The van der Waals surface area contributed by atoms with E-state index in [1.54, 1.807) is 17.1 Å². The van der Waals surface area contributed by atoms with Crippen molar-refractivity contribution in [1.82, 2.24) is 15.1 Å². The Morgan fingerprint density at radius 3 is 3.07 bits per heavy atom. The Bertz CT molecular complexity index is 290. The van der Waals surface area contributed by atoms with Gasteiger partial charge in [-0.25, -0.2) is 0 Å². The molecular formula is C9H17N3O2S. The minimum Gasteiger partial charge on any atom is -0.390 e. The number of aromatic nitrogens is 2. The van der Waals surface area contributed by atoms with Crippen LogP contribution in [0.3, 0.4) is 0 Å². The normalized spacial score (nSPS) is 15.1. The highest BCUT2D eigenvalue weighted by Gasteiger charge is 2.04. The maximum atomic E-state index is 10.7. The van der Waals surface area contributed by atoms with Gasteiger partial charge in [-0.3, -0.25) is 8.89 Å². The molecule has 0 aliphatic heterocycles. The maximum Gasteiger partial charge on any atom is 0.0860 e. The van der Waals surface area contributed by atoms with Crippen LogP contribution in [0, 0.1) is 0 Å². The standard InChI is InChI=1S/C9H17N3O2S/c1-15(14)6-4-10-7-9(13)8-12-5-2-3-11-12/h2-3,5,9-10,13H,4,6-8H2,1H3. The second kappa shape index (κ2) is 6.71. The average molecular weight is 231 g/mol. The molecule has 86 valence electrons. The van der Waals surface area contributed by atoms with Crippen molar-refractivity contribution in [1.29, 1.82) is 0 Å². The first-order valence-electron chi connectivity index (χ1n) is 4.84. The van der Waals surface area contributed by atoms with Gasteiger partial charge in [-0.1, -0.05) is 0 Å². The molecule has 1 rings (SSSR count). The number of aliphatic hydroxyl groups is 1. The van der Waals surface area contributed by atoms with Crippen LogP contribution in [0.5, 0.6) is 0 Å². The van der Waals surface area contributed by atoms with E-state index in [4.69, 9.17) is 0 Å². The Morgan fingerprint density at radius 1 is 1.67 bits per heavy atom. The second-order valence-electron chi connectivity index (χ2n) is 3.36. The van der Waals surface area contributed by atoms with E-state index in [1.165, 1.54) is 0 Å². The fraction of sp³-hybridized carbons (Fsp3) is 0.667. The summed E-state index contributed by atoms with van der Waals surface area (Å²) in [4.78, 5) is 0.